The third-order valence-corrected chi connectivity index (χ3v) is 2.35. The summed E-state index contributed by atoms with van der Waals surface area (Å²) in [6, 6.07) is 0. The van der Waals surface area contributed by atoms with Gasteiger partial charge in [0.2, 0.25) is 0 Å². The summed E-state index contributed by atoms with van der Waals surface area (Å²) in [5, 5.41) is 0. The Kier molecular flexibility index (Phi) is 2.18. The lowest BCUT2D eigenvalue weighted by Crippen LogP contribution is -2.28. The van der Waals surface area contributed by atoms with Gasteiger partial charge in [-0.05, 0) is 0 Å². The van der Waals surface area contributed by atoms with Crippen molar-refractivity contribution in [3.05, 3.63) is 0 Å². The maximum Gasteiger partial charge on any atom is 0.343 e. The molecule has 0 amide bonds. The predicted molar refractivity (Wildman–Crippen MR) is 47.7 cm³/mol. The van der Waals surface area contributed by atoms with Gasteiger partial charge in [-0.15, -0.1) is 4.40 Å². The van der Waals surface area contributed by atoms with Crippen molar-refractivity contribution in [1.29, 1.82) is 0 Å². The quantitative estimate of drug-likeness (QED) is 0.628. The molecule has 0 aliphatic carbocycles. The molecule has 0 spiro atoms. The molecule has 1 aliphatic heterocycles. The summed E-state index contributed by atoms with van der Waals surface area (Å²) in [5.41, 5.74) is 0.498. The monoisotopic (exact) mass is 189 g/mol. The van der Waals surface area contributed by atoms with Crippen LogP contribution in [0.15, 0.2) is 9.39 Å². The molecule has 0 bridgehead atoms. The Balaban J connectivity index is 3.13. The van der Waals surface area contributed by atoms with E-state index < -0.39 is 10.2 Å². The van der Waals surface area contributed by atoms with E-state index >= 15 is 0 Å². The van der Waals surface area contributed by atoms with Crippen LogP contribution in [0.3, 0.4) is 0 Å². The highest BCUT2D eigenvalue weighted by Gasteiger charge is 2.27. The molecule has 0 aromatic heterocycles. The molecule has 0 aromatic carbocycles. The smallest absolute Gasteiger partial charge is 0.270 e. The number of nitrogens with zero attached hydrogens (tertiary/aromatic N) is 2. The summed E-state index contributed by atoms with van der Waals surface area (Å²) in [4.78, 5) is 3.78. The van der Waals surface area contributed by atoms with Crippen LogP contribution in [-0.4, -0.2) is 27.0 Å². The minimum absolute atomic E-state index is 0.0634. The Labute approximate surface area is 71.8 Å². The van der Waals surface area contributed by atoms with Crippen molar-refractivity contribution in [2.75, 3.05) is 7.05 Å². The predicted octanol–water partition coefficient (Wildman–Crippen LogP) is -0.0403. The SMILES string of the molecule is CN=C1NS(=O)(=O)N=C1C(C)C. The lowest BCUT2D eigenvalue weighted by Gasteiger charge is -2.01. The van der Waals surface area contributed by atoms with Crippen molar-refractivity contribution in [2.45, 2.75) is 13.8 Å². The lowest BCUT2D eigenvalue weighted by molar-refractivity contribution is 0.596. The highest BCUT2D eigenvalue weighted by molar-refractivity contribution is 7.89. The van der Waals surface area contributed by atoms with Crippen molar-refractivity contribution >= 4 is 21.8 Å². The van der Waals surface area contributed by atoms with E-state index in [0.29, 0.717) is 11.5 Å². The van der Waals surface area contributed by atoms with E-state index in [2.05, 4.69) is 14.1 Å². The molecule has 68 valence electrons. The number of rotatable bonds is 1. The molecule has 0 saturated heterocycles. The molecule has 0 saturated carbocycles. The minimum atomic E-state index is -3.49. The van der Waals surface area contributed by atoms with Gasteiger partial charge in [-0.1, -0.05) is 13.8 Å². The molecule has 1 N–H and O–H groups in total. The molecule has 1 aliphatic rings. The second-order valence-corrected chi connectivity index (χ2v) is 4.12. The van der Waals surface area contributed by atoms with Gasteiger partial charge in [-0.3, -0.25) is 4.99 Å². The van der Waals surface area contributed by atoms with Crippen LogP contribution in [0.4, 0.5) is 0 Å². The number of hydrogen-bond acceptors (Lipinski definition) is 3. The number of aliphatic imine (C=N–C) groups is 1. The third kappa shape index (κ3) is 1.63. The fraction of sp³-hybridized carbons (Fsp3) is 0.667. The molecule has 0 fully saturated rings. The number of hydrogen-bond donors (Lipinski definition) is 1. The summed E-state index contributed by atoms with van der Waals surface area (Å²) < 4.78 is 27.6. The first kappa shape index (κ1) is 9.18. The molecule has 0 unspecified atom stereocenters. The second-order valence-electron chi connectivity index (χ2n) is 2.78. The Morgan fingerprint density at radius 3 is 2.42 bits per heavy atom. The fourth-order valence-corrected chi connectivity index (χ4v) is 1.95. The maximum absolute atomic E-state index is 10.9. The van der Waals surface area contributed by atoms with Crippen molar-refractivity contribution in [2.24, 2.45) is 15.3 Å². The molecule has 1 rings (SSSR count). The van der Waals surface area contributed by atoms with Gasteiger partial charge >= 0.3 is 10.2 Å². The summed E-state index contributed by atoms with van der Waals surface area (Å²) in [6.45, 7) is 3.74. The number of amidine groups is 1. The lowest BCUT2D eigenvalue weighted by atomic mass is 10.1. The molecule has 0 radical (unpaired) electrons. The standard InChI is InChI=1S/C6H11N3O2S/c1-4(2)5-6(7-3)9-12(10,11)8-5/h4H,1-3H3,(H,7,9). The van der Waals surface area contributed by atoms with E-state index in [4.69, 9.17) is 0 Å². The fourth-order valence-electron chi connectivity index (χ4n) is 0.909. The normalized spacial score (nSPS) is 24.3. The Morgan fingerprint density at radius 2 is 2.08 bits per heavy atom. The van der Waals surface area contributed by atoms with Gasteiger partial charge in [-0.2, -0.15) is 8.42 Å². The van der Waals surface area contributed by atoms with E-state index in [0.717, 1.165) is 0 Å². The van der Waals surface area contributed by atoms with Crippen LogP contribution in [0.1, 0.15) is 13.8 Å². The molecule has 1 heterocycles. The third-order valence-electron chi connectivity index (χ3n) is 1.46. The van der Waals surface area contributed by atoms with Crippen LogP contribution < -0.4 is 4.72 Å². The summed E-state index contributed by atoms with van der Waals surface area (Å²) in [6.07, 6.45) is 0. The average Bonchev–Trinajstić information content (AvgIpc) is 2.25. The van der Waals surface area contributed by atoms with Crippen LogP contribution in [0.5, 0.6) is 0 Å². The number of nitrogens with one attached hydrogen (secondary N) is 1. The molecule has 0 aromatic rings. The van der Waals surface area contributed by atoms with E-state index in [1.165, 1.54) is 7.05 Å². The van der Waals surface area contributed by atoms with E-state index in [9.17, 15) is 8.42 Å². The van der Waals surface area contributed by atoms with Gasteiger partial charge < -0.3 is 0 Å². The largest absolute Gasteiger partial charge is 0.343 e. The van der Waals surface area contributed by atoms with Crippen molar-refractivity contribution in [3.63, 3.8) is 0 Å². The van der Waals surface area contributed by atoms with Crippen LogP contribution in [0.2, 0.25) is 0 Å². The van der Waals surface area contributed by atoms with Gasteiger partial charge in [0.1, 0.15) is 5.71 Å². The molecule has 5 nitrogen and oxygen atoms in total. The Hall–Kier alpha value is -0.910. The highest BCUT2D eigenvalue weighted by atomic mass is 32.2. The van der Waals surface area contributed by atoms with Gasteiger partial charge in [0.05, 0.1) is 0 Å². The Morgan fingerprint density at radius 1 is 1.50 bits per heavy atom. The zero-order chi connectivity index (χ0) is 9.35. The molecular weight excluding hydrogens is 178 g/mol. The zero-order valence-corrected chi connectivity index (χ0v) is 8.01. The molecule has 6 heteroatoms. The highest BCUT2D eigenvalue weighted by Crippen LogP contribution is 2.08. The van der Waals surface area contributed by atoms with Crippen molar-refractivity contribution in [3.8, 4) is 0 Å². The van der Waals surface area contributed by atoms with E-state index in [1.807, 2.05) is 13.8 Å². The van der Waals surface area contributed by atoms with Crippen LogP contribution in [0.25, 0.3) is 0 Å². The molecule has 12 heavy (non-hydrogen) atoms. The van der Waals surface area contributed by atoms with Gasteiger partial charge in [-0.25, -0.2) is 4.72 Å². The maximum atomic E-state index is 10.9. The van der Waals surface area contributed by atoms with E-state index in [1.54, 1.807) is 0 Å². The summed E-state index contributed by atoms with van der Waals surface area (Å²) in [7, 11) is -1.97. The average molecular weight is 189 g/mol. The Bertz CT molecular complexity index is 340. The zero-order valence-electron chi connectivity index (χ0n) is 7.20. The van der Waals surface area contributed by atoms with Gasteiger partial charge in [0.25, 0.3) is 0 Å². The van der Waals surface area contributed by atoms with Crippen LogP contribution in [-0.2, 0) is 10.2 Å². The molecular formula is C6H11N3O2S. The first-order valence-electron chi connectivity index (χ1n) is 3.56. The van der Waals surface area contributed by atoms with Crippen molar-refractivity contribution < 1.29 is 8.42 Å². The van der Waals surface area contributed by atoms with Gasteiger partial charge in [0.15, 0.2) is 5.84 Å². The molecule has 0 atom stereocenters. The summed E-state index contributed by atoms with van der Waals surface area (Å²) in [5.74, 6) is 0.415. The topological polar surface area (TPSA) is 70.9 Å². The van der Waals surface area contributed by atoms with E-state index in [-0.39, 0.29) is 5.92 Å². The summed E-state index contributed by atoms with van der Waals surface area (Å²) >= 11 is 0. The first-order valence-corrected chi connectivity index (χ1v) is 5.00. The first-order chi connectivity index (χ1) is 5.46. The van der Waals surface area contributed by atoms with Crippen molar-refractivity contribution in [1.82, 2.24) is 4.72 Å². The second kappa shape index (κ2) is 2.85. The van der Waals surface area contributed by atoms with Gasteiger partial charge in [0, 0.05) is 13.0 Å². The van der Waals surface area contributed by atoms with Crippen LogP contribution >= 0.6 is 0 Å². The van der Waals surface area contributed by atoms with Crippen LogP contribution in [0, 0.1) is 5.92 Å². The minimum Gasteiger partial charge on any atom is -0.270 e.